The zero-order chi connectivity index (χ0) is 25.2. The molecule has 1 atom stereocenters. The molecule has 2 N–H and O–H groups in total. The Labute approximate surface area is 212 Å². The van der Waals surface area contributed by atoms with E-state index in [1.165, 1.54) is 22.3 Å². The minimum absolute atomic E-state index is 0.0273. The van der Waals surface area contributed by atoms with Gasteiger partial charge in [0.15, 0.2) is 9.84 Å². The average Bonchev–Trinajstić information content (AvgIpc) is 3.49. The van der Waals surface area contributed by atoms with Crippen molar-refractivity contribution in [2.45, 2.75) is 37.8 Å². The van der Waals surface area contributed by atoms with Crippen LogP contribution in [0.4, 0.5) is 0 Å². The number of pyridine rings is 1. The summed E-state index contributed by atoms with van der Waals surface area (Å²) in [5, 5.41) is 4.62. The molecular weight excluding hydrogens is 512 g/mol. The second kappa shape index (κ2) is 10.1. The summed E-state index contributed by atoms with van der Waals surface area (Å²) in [7, 11) is -4.18. The zero-order valence-corrected chi connectivity index (χ0v) is 21.5. The normalized spacial score (nSPS) is 18.9. The summed E-state index contributed by atoms with van der Waals surface area (Å²) < 4.78 is 32.7. The number of nitrogens with one attached hydrogen (secondary N) is 2. The van der Waals surface area contributed by atoms with E-state index in [9.17, 15) is 18.0 Å². The Bertz CT molecular complexity index is 1350. The molecule has 1 fully saturated rings. The van der Waals surface area contributed by atoms with Crippen LogP contribution in [0.25, 0.3) is 17.0 Å². The van der Waals surface area contributed by atoms with E-state index in [2.05, 4.69) is 15.3 Å². The smallest absolute Gasteiger partial charge is 0.320 e. The Morgan fingerprint density at radius 2 is 2.20 bits per heavy atom. The van der Waals surface area contributed by atoms with E-state index in [4.69, 9.17) is 16.3 Å². The van der Waals surface area contributed by atoms with E-state index in [0.29, 0.717) is 9.21 Å². The number of carbonyl (C=O) groups is 2. The Kier molecular flexibility index (Phi) is 7.32. The molecule has 0 bridgehead atoms. The highest BCUT2D eigenvalue weighted by atomic mass is 35.5. The van der Waals surface area contributed by atoms with Crippen LogP contribution >= 0.6 is 22.9 Å². The number of halogens is 1. The fourth-order valence-corrected chi connectivity index (χ4v) is 6.60. The first-order valence-electron chi connectivity index (χ1n) is 10.9. The summed E-state index contributed by atoms with van der Waals surface area (Å²) in [5.41, 5.74) is 1.62. The second-order valence-electron chi connectivity index (χ2n) is 8.44. The number of thiophene rings is 1. The molecule has 3 aromatic heterocycles. The number of nitrogens with zero attached hydrogens (tertiary/aromatic N) is 2. The molecule has 0 saturated carbocycles. The lowest BCUT2D eigenvalue weighted by Crippen LogP contribution is -2.58. The third-order valence-electron chi connectivity index (χ3n) is 5.58. The molecule has 1 amide bonds. The Morgan fingerprint density at radius 3 is 2.89 bits per heavy atom. The van der Waals surface area contributed by atoms with Crippen LogP contribution < -0.4 is 5.32 Å². The predicted octanol–water partition coefficient (Wildman–Crippen LogP) is 3.33. The molecule has 1 saturated heterocycles. The first-order chi connectivity index (χ1) is 16.6. The fourth-order valence-electron chi connectivity index (χ4n) is 3.97. The lowest BCUT2D eigenvalue weighted by molar-refractivity contribution is -0.146. The predicted molar refractivity (Wildman–Crippen MR) is 135 cm³/mol. The Morgan fingerprint density at radius 1 is 1.40 bits per heavy atom. The third-order valence-corrected chi connectivity index (χ3v) is 8.77. The van der Waals surface area contributed by atoms with Crippen molar-refractivity contribution in [1.82, 2.24) is 20.2 Å². The molecule has 1 aliphatic rings. The zero-order valence-electron chi connectivity index (χ0n) is 19.2. The lowest BCUT2D eigenvalue weighted by Gasteiger charge is -2.27. The van der Waals surface area contributed by atoms with Gasteiger partial charge in [0.25, 0.3) is 5.91 Å². The van der Waals surface area contributed by atoms with Crippen LogP contribution in [-0.2, 0) is 30.7 Å². The molecule has 4 rings (SSSR count). The number of amides is 1. The Balaban J connectivity index is 1.61. The first kappa shape index (κ1) is 25.4. The highest BCUT2D eigenvalue weighted by Gasteiger charge is 2.55. The van der Waals surface area contributed by atoms with Gasteiger partial charge >= 0.3 is 5.97 Å². The van der Waals surface area contributed by atoms with Gasteiger partial charge in [-0.05, 0) is 44.2 Å². The van der Waals surface area contributed by atoms with Crippen LogP contribution in [0, 0.1) is 0 Å². The van der Waals surface area contributed by atoms with Gasteiger partial charge in [-0.3, -0.25) is 19.9 Å². The molecule has 0 radical (unpaired) electrons. The largest absolute Gasteiger partial charge is 0.462 e. The number of likely N-dealkylation sites (tertiary alicyclic amines) is 1. The number of esters is 1. The molecule has 35 heavy (non-hydrogen) atoms. The van der Waals surface area contributed by atoms with Gasteiger partial charge in [-0.1, -0.05) is 11.6 Å². The fraction of sp³-hybridized carbons (Fsp3) is 0.348. The molecule has 1 aliphatic heterocycles. The number of H-pyrrole nitrogens is 1. The highest BCUT2D eigenvalue weighted by molar-refractivity contribution is 7.96. The number of sulfone groups is 1. The number of fused-ring (bicyclic) bond motifs is 1. The molecule has 0 spiro atoms. The number of ether oxygens (including phenoxy) is 1. The molecule has 12 heteroatoms. The third kappa shape index (κ3) is 5.43. The standard InChI is InChI=1S/C23H25ClN4O5S2/c1-15(2)33-21(29)13-26-23(35(31,32)10-6-18-3-4-20(24)34-18)7-9-28(22(23)30)14-17-11-16-12-25-8-5-19(16)27-17/h3-6,8,10-12,15,26-27H,7,9,13-14H2,1-2H3/t23-/m1/s1. The molecule has 9 nitrogen and oxygen atoms in total. The van der Waals surface area contributed by atoms with Gasteiger partial charge in [-0.25, -0.2) is 8.42 Å². The lowest BCUT2D eigenvalue weighted by atomic mass is 10.2. The summed E-state index contributed by atoms with van der Waals surface area (Å²) >= 11 is 7.16. The summed E-state index contributed by atoms with van der Waals surface area (Å²) in [5.74, 6) is -1.27. The van der Waals surface area contributed by atoms with Crippen molar-refractivity contribution in [2.75, 3.05) is 13.1 Å². The van der Waals surface area contributed by atoms with Gasteiger partial charge in [-0.2, -0.15) is 0 Å². The number of aromatic nitrogens is 2. The summed E-state index contributed by atoms with van der Waals surface area (Å²) in [6.07, 6.45) is 4.38. The van der Waals surface area contributed by atoms with E-state index in [1.54, 1.807) is 38.4 Å². The van der Waals surface area contributed by atoms with E-state index in [1.807, 2.05) is 12.1 Å². The monoisotopic (exact) mass is 536 g/mol. The summed E-state index contributed by atoms with van der Waals surface area (Å²) in [4.78, 5) is 33.2. The van der Waals surface area contributed by atoms with Crippen LogP contribution in [0.5, 0.6) is 0 Å². The first-order valence-corrected chi connectivity index (χ1v) is 13.7. The van der Waals surface area contributed by atoms with Crippen LogP contribution in [0.2, 0.25) is 4.34 Å². The molecule has 4 heterocycles. The minimum Gasteiger partial charge on any atom is -0.462 e. The molecule has 0 aromatic carbocycles. The number of hydrogen-bond donors (Lipinski definition) is 2. The topological polar surface area (TPSA) is 121 Å². The molecule has 3 aromatic rings. The maximum Gasteiger partial charge on any atom is 0.320 e. The van der Waals surface area contributed by atoms with Crippen molar-refractivity contribution in [3.63, 3.8) is 0 Å². The second-order valence-corrected chi connectivity index (χ2v) is 12.2. The average molecular weight is 537 g/mol. The van der Waals surface area contributed by atoms with Crippen molar-refractivity contribution < 1.29 is 22.7 Å². The molecule has 186 valence electrons. The summed E-state index contributed by atoms with van der Waals surface area (Å²) in [6.45, 7) is 3.34. The Hall–Kier alpha value is -2.73. The maximum absolute atomic E-state index is 13.6. The minimum atomic E-state index is -4.18. The quantitative estimate of drug-likeness (QED) is 0.402. The van der Waals surface area contributed by atoms with Gasteiger partial charge in [0.1, 0.15) is 0 Å². The molecule has 0 unspecified atom stereocenters. The van der Waals surface area contributed by atoms with Crippen molar-refractivity contribution in [1.29, 1.82) is 0 Å². The molecular formula is C23H25ClN4O5S2. The van der Waals surface area contributed by atoms with Crippen molar-refractivity contribution in [3.8, 4) is 0 Å². The van der Waals surface area contributed by atoms with E-state index < -0.39 is 33.1 Å². The number of hydrogen-bond acceptors (Lipinski definition) is 8. The SMILES string of the molecule is CC(C)OC(=O)CN[C@@]1(S(=O)(=O)C=Cc2ccc(Cl)s2)CCN(Cc2cc3cnccc3[nH]2)C1=O. The number of rotatable bonds is 9. The van der Waals surface area contributed by atoms with Gasteiger partial charge in [-0.15, -0.1) is 11.3 Å². The van der Waals surface area contributed by atoms with Crippen LogP contribution in [0.15, 0.2) is 42.1 Å². The van der Waals surface area contributed by atoms with Crippen molar-refractivity contribution >= 4 is 61.6 Å². The van der Waals surface area contributed by atoms with Crippen LogP contribution in [-0.4, -0.2) is 59.2 Å². The van der Waals surface area contributed by atoms with E-state index in [-0.39, 0.29) is 25.6 Å². The van der Waals surface area contributed by atoms with E-state index >= 15 is 0 Å². The van der Waals surface area contributed by atoms with Gasteiger partial charge < -0.3 is 14.6 Å². The van der Waals surface area contributed by atoms with Crippen LogP contribution in [0.1, 0.15) is 30.8 Å². The number of aromatic amines is 1. The van der Waals surface area contributed by atoms with Crippen molar-refractivity contribution in [3.05, 3.63) is 57.0 Å². The highest BCUT2D eigenvalue weighted by Crippen LogP contribution is 2.33. The van der Waals surface area contributed by atoms with Gasteiger partial charge in [0, 0.05) is 52.2 Å². The summed E-state index contributed by atoms with van der Waals surface area (Å²) in [6, 6.07) is 7.04. The number of carbonyl (C=O) groups excluding carboxylic acids is 2. The van der Waals surface area contributed by atoms with Crippen molar-refractivity contribution in [2.24, 2.45) is 0 Å². The maximum atomic E-state index is 13.6. The van der Waals surface area contributed by atoms with E-state index in [0.717, 1.165) is 22.0 Å². The van der Waals surface area contributed by atoms with Crippen LogP contribution in [0.3, 0.4) is 0 Å². The van der Waals surface area contributed by atoms with Gasteiger partial charge in [0.05, 0.1) is 23.5 Å². The van der Waals surface area contributed by atoms with Gasteiger partial charge in [0.2, 0.25) is 4.87 Å². The molecule has 0 aliphatic carbocycles.